The van der Waals surface area contributed by atoms with E-state index < -0.39 is 11.9 Å². The number of carbonyl (C=O) groups is 1. The zero-order valence-electron chi connectivity index (χ0n) is 8.11. The largest absolute Gasteiger partial charge is 0.465 e. The molecule has 1 heterocycles. The van der Waals surface area contributed by atoms with E-state index in [0.717, 1.165) is 0 Å². The summed E-state index contributed by atoms with van der Waals surface area (Å²) in [7, 11) is 0. The third-order valence-electron chi connectivity index (χ3n) is 1.80. The molecule has 1 unspecified atom stereocenters. The van der Waals surface area contributed by atoms with E-state index in [1.807, 2.05) is 0 Å². The maximum atomic E-state index is 11.3. The molecule has 1 N–H and O–H groups in total. The number of aromatic nitrogens is 2. The first kappa shape index (κ1) is 10.4. The summed E-state index contributed by atoms with van der Waals surface area (Å²) < 4.78 is 4.78. The van der Waals surface area contributed by atoms with Crippen LogP contribution in [-0.4, -0.2) is 22.8 Å². The quantitative estimate of drug-likeness (QED) is 0.712. The predicted octanol–water partition coefficient (Wildman–Crippen LogP) is 0.437. The summed E-state index contributed by atoms with van der Waals surface area (Å²) in [6.07, 6.45) is 1.42. The van der Waals surface area contributed by atoms with Gasteiger partial charge in [0.2, 0.25) is 5.43 Å². The normalized spacial score (nSPS) is 12.1. The summed E-state index contributed by atoms with van der Waals surface area (Å²) in [6.45, 7) is 3.61. The number of carbonyl (C=O) groups excluding carboxylic acids is 1. The van der Waals surface area contributed by atoms with Gasteiger partial charge in [0.1, 0.15) is 11.6 Å². The van der Waals surface area contributed by atoms with Crippen molar-refractivity contribution in [3.05, 3.63) is 28.2 Å². The lowest BCUT2D eigenvalue weighted by atomic mass is 10.1. The molecule has 1 atom stereocenters. The number of nitrogens with zero attached hydrogens (tertiary/aromatic N) is 1. The van der Waals surface area contributed by atoms with Gasteiger partial charge in [-0.25, -0.2) is 0 Å². The Morgan fingerprint density at radius 2 is 2.43 bits per heavy atom. The molecule has 0 amide bonds. The molecule has 0 spiro atoms. The van der Waals surface area contributed by atoms with Crippen molar-refractivity contribution in [2.75, 3.05) is 6.61 Å². The minimum Gasteiger partial charge on any atom is -0.465 e. The molecular weight excluding hydrogens is 184 g/mol. The monoisotopic (exact) mass is 196 g/mol. The SMILES string of the molecule is CCOC(=O)C(C)c1n[nH]ccc1=O. The Hall–Kier alpha value is -1.65. The van der Waals surface area contributed by atoms with Crippen molar-refractivity contribution in [1.29, 1.82) is 0 Å². The van der Waals surface area contributed by atoms with Crippen LogP contribution in [0.1, 0.15) is 25.5 Å². The van der Waals surface area contributed by atoms with Crippen molar-refractivity contribution >= 4 is 5.97 Å². The highest BCUT2D eigenvalue weighted by Gasteiger charge is 2.20. The third-order valence-corrected chi connectivity index (χ3v) is 1.80. The van der Waals surface area contributed by atoms with Crippen molar-refractivity contribution in [2.45, 2.75) is 19.8 Å². The summed E-state index contributed by atoms with van der Waals surface area (Å²) >= 11 is 0. The van der Waals surface area contributed by atoms with E-state index in [1.165, 1.54) is 12.3 Å². The number of rotatable bonds is 3. The molecule has 1 aromatic heterocycles. The number of nitrogens with one attached hydrogen (secondary N) is 1. The molecule has 0 aliphatic heterocycles. The first-order valence-electron chi connectivity index (χ1n) is 4.37. The number of ether oxygens (including phenoxy) is 1. The van der Waals surface area contributed by atoms with E-state index in [9.17, 15) is 9.59 Å². The van der Waals surface area contributed by atoms with Crippen molar-refractivity contribution in [3.8, 4) is 0 Å². The van der Waals surface area contributed by atoms with Crippen LogP contribution < -0.4 is 5.43 Å². The van der Waals surface area contributed by atoms with Crippen LogP contribution in [0.2, 0.25) is 0 Å². The van der Waals surface area contributed by atoms with Crippen molar-refractivity contribution in [2.24, 2.45) is 0 Å². The number of hydrogen-bond donors (Lipinski definition) is 1. The van der Waals surface area contributed by atoms with Gasteiger partial charge < -0.3 is 4.74 Å². The Labute approximate surface area is 81.1 Å². The molecule has 1 rings (SSSR count). The highest BCUT2D eigenvalue weighted by molar-refractivity contribution is 5.76. The Morgan fingerprint density at radius 3 is 3.00 bits per heavy atom. The molecule has 0 fully saturated rings. The van der Waals surface area contributed by atoms with Gasteiger partial charge in [-0.15, -0.1) is 0 Å². The first-order chi connectivity index (χ1) is 6.66. The Kier molecular flexibility index (Phi) is 3.39. The van der Waals surface area contributed by atoms with Gasteiger partial charge in [-0.05, 0) is 13.8 Å². The molecule has 0 radical (unpaired) electrons. The molecule has 1 aromatic rings. The summed E-state index contributed by atoms with van der Waals surface area (Å²) in [4.78, 5) is 22.6. The highest BCUT2D eigenvalue weighted by Crippen LogP contribution is 2.08. The standard InChI is InChI=1S/C9H12N2O3/c1-3-14-9(13)6(2)8-7(12)4-5-10-11-8/h4-6H,3H2,1-2H3,(H,10,12). The van der Waals surface area contributed by atoms with Gasteiger partial charge >= 0.3 is 5.97 Å². The van der Waals surface area contributed by atoms with E-state index in [2.05, 4.69) is 10.2 Å². The maximum Gasteiger partial charge on any atom is 0.314 e. The van der Waals surface area contributed by atoms with Crippen LogP contribution in [0.15, 0.2) is 17.1 Å². The number of H-pyrrole nitrogens is 1. The van der Waals surface area contributed by atoms with Crippen LogP contribution in [0.25, 0.3) is 0 Å². The second-order valence-corrected chi connectivity index (χ2v) is 2.80. The average molecular weight is 196 g/mol. The smallest absolute Gasteiger partial charge is 0.314 e. The zero-order chi connectivity index (χ0) is 10.6. The fourth-order valence-electron chi connectivity index (χ4n) is 1.05. The van der Waals surface area contributed by atoms with Crippen LogP contribution in [0.3, 0.4) is 0 Å². The molecule has 0 aliphatic rings. The van der Waals surface area contributed by atoms with Crippen LogP contribution in [0.5, 0.6) is 0 Å². The Morgan fingerprint density at radius 1 is 1.71 bits per heavy atom. The summed E-state index contributed by atoms with van der Waals surface area (Å²) in [5.74, 6) is -1.06. The molecular formula is C9H12N2O3. The third kappa shape index (κ3) is 2.18. The lowest BCUT2D eigenvalue weighted by Gasteiger charge is -2.07. The fraction of sp³-hybridized carbons (Fsp3) is 0.444. The molecule has 0 aromatic carbocycles. The molecule has 0 aliphatic carbocycles. The van der Waals surface area contributed by atoms with Crippen molar-refractivity contribution < 1.29 is 9.53 Å². The zero-order valence-corrected chi connectivity index (χ0v) is 8.11. The molecule has 5 heteroatoms. The lowest BCUT2D eigenvalue weighted by molar-refractivity contribution is -0.144. The second-order valence-electron chi connectivity index (χ2n) is 2.80. The van der Waals surface area contributed by atoms with E-state index in [-0.39, 0.29) is 11.1 Å². The van der Waals surface area contributed by atoms with Crippen LogP contribution in [0, 0.1) is 0 Å². The molecule has 76 valence electrons. The Bertz CT molecular complexity index is 372. The fourth-order valence-corrected chi connectivity index (χ4v) is 1.05. The van der Waals surface area contributed by atoms with Gasteiger partial charge in [0.15, 0.2) is 0 Å². The van der Waals surface area contributed by atoms with Gasteiger partial charge in [-0.2, -0.15) is 5.10 Å². The molecule has 14 heavy (non-hydrogen) atoms. The molecule has 0 saturated heterocycles. The van der Waals surface area contributed by atoms with Crippen LogP contribution in [-0.2, 0) is 9.53 Å². The van der Waals surface area contributed by atoms with Crippen LogP contribution >= 0.6 is 0 Å². The minimum atomic E-state index is -0.625. The van der Waals surface area contributed by atoms with Gasteiger partial charge in [0.25, 0.3) is 0 Å². The van der Waals surface area contributed by atoms with Gasteiger partial charge in [-0.3, -0.25) is 14.7 Å². The lowest BCUT2D eigenvalue weighted by Crippen LogP contribution is -2.21. The Balaban J connectivity index is 2.89. The second kappa shape index (κ2) is 4.55. The van der Waals surface area contributed by atoms with E-state index >= 15 is 0 Å². The number of aromatic amines is 1. The van der Waals surface area contributed by atoms with Gasteiger partial charge in [0.05, 0.1) is 6.61 Å². The summed E-state index contributed by atoms with van der Waals surface area (Å²) in [6, 6.07) is 1.33. The molecule has 0 bridgehead atoms. The number of hydrogen-bond acceptors (Lipinski definition) is 4. The van der Waals surface area contributed by atoms with Crippen molar-refractivity contribution in [3.63, 3.8) is 0 Å². The van der Waals surface area contributed by atoms with Gasteiger partial charge in [-0.1, -0.05) is 0 Å². The summed E-state index contributed by atoms with van der Waals surface area (Å²) in [5, 5.41) is 6.27. The average Bonchev–Trinajstić information content (AvgIpc) is 2.18. The van der Waals surface area contributed by atoms with Crippen molar-refractivity contribution in [1.82, 2.24) is 10.2 Å². The molecule has 0 saturated carbocycles. The van der Waals surface area contributed by atoms with Crippen LogP contribution in [0.4, 0.5) is 0 Å². The van der Waals surface area contributed by atoms with E-state index in [0.29, 0.717) is 6.61 Å². The van der Waals surface area contributed by atoms with E-state index in [4.69, 9.17) is 4.74 Å². The minimum absolute atomic E-state index is 0.186. The highest BCUT2D eigenvalue weighted by atomic mass is 16.5. The first-order valence-corrected chi connectivity index (χ1v) is 4.37. The summed E-state index contributed by atoms with van der Waals surface area (Å²) in [5.41, 5.74) is -0.0738. The predicted molar refractivity (Wildman–Crippen MR) is 49.9 cm³/mol. The number of esters is 1. The van der Waals surface area contributed by atoms with E-state index in [1.54, 1.807) is 13.8 Å². The topological polar surface area (TPSA) is 72.0 Å². The van der Waals surface area contributed by atoms with Gasteiger partial charge in [0, 0.05) is 12.3 Å². The molecule has 5 nitrogen and oxygen atoms in total. The maximum absolute atomic E-state index is 11.3.